The number of likely N-dealkylation sites (N-methyl/N-ethyl adjacent to an activating group) is 1. The average Bonchev–Trinajstić information content (AvgIpc) is 3.80. The fourth-order valence-electron chi connectivity index (χ4n) is 10.5. The largest absolute Gasteiger partial charge is 0.507 e. The smallest absolute Gasteiger partial charge is 0.315 e. The molecule has 6 heterocycles. The van der Waals surface area contributed by atoms with Crippen LogP contribution in [0.5, 0.6) is 17.2 Å². The fourth-order valence-corrected chi connectivity index (χ4v) is 11.1. The molecule has 1 spiro atoms. The van der Waals surface area contributed by atoms with Gasteiger partial charge in [-0.2, -0.15) is 0 Å². The number of rotatable bonds is 9. The molecule has 2 saturated heterocycles. The lowest BCUT2D eigenvalue weighted by atomic mass is 9.76. The van der Waals surface area contributed by atoms with E-state index >= 15 is 0 Å². The topological polar surface area (TPSA) is 245 Å². The number of methoxy groups -OCH3 is 1. The van der Waals surface area contributed by atoms with E-state index in [-0.39, 0.29) is 44.8 Å². The molecular weight excluding hydrogens is 1020 g/mol. The molecule has 2 amide bonds. The zero-order valence-electron chi connectivity index (χ0n) is 42.1. The Balaban J connectivity index is 1.26. The molecule has 2 aromatic rings. The molecule has 70 heavy (non-hydrogen) atoms. The molecule has 2 aromatic carbocycles. The van der Waals surface area contributed by atoms with Crippen molar-refractivity contribution in [3.63, 3.8) is 0 Å². The zero-order chi connectivity index (χ0) is 51.2. The minimum absolute atomic E-state index is 0.0275. The Labute approximate surface area is 423 Å². The number of hydrogen-bond donors (Lipinski definition) is 6. The van der Waals surface area contributed by atoms with Crippen LogP contribution in [0.25, 0.3) is 10.8 Å². The minimum atomic E-state index is -2.00. The Bertz CT molecular complexity index is 2510. The van der Waals surface area contributed by atoms with E-state index in [0.717, 1.165) is 32.7 Å². The number of aromatic hydroxyl groups is 2. The number of phenols is 2. The molecule has 386 valence electrons. The van der Waals surface area contributed by atoms with E-state index in [4.69, 9.17) is 23.9 Å². The van der Waals surface area contributed by atoms with Crippen LogP contribution < -0.4 is 26.1 Å². The summed E-state index contributed by atoms with van der Waals surface area (Å²) in [6, 6.07) is 0. The summed E-state index contributed by atoms with van der Waals surface area (Å²) >= 11 is 2.40. The molecule has 1 unspecified atom stereocenters. The average molecular weight is 1090 g/mol. The lowest BCUT2D eigenvalue weighted by Gasteiger charge is -2.38. The Morgan fingerprint density at radius 3 is 2.29 bits per heavy atom. The second-order valence-corrected chi connectivity index (χ2v) is 23.1. The number of Topliss-reactive ketones (excluding diaryl/α,β-unsaturated/α-hetero) is 1. The summed E-state index contributed by atoms with van der Waals surface area (Å²) in [5.41, 5.74) is -1.83. The van der Waals surface area contributed by atoms with Gasteiger partial charge in [-0.1, -0.05) is 64.1 Å². The van der Waals surface area contributed by atoms with Crippen molar-refractivity contribution < 1.29 is 58.6 Å². The van der Waals surface area contributed by atoms with Gasteiger partial charge in [0.05, 0.1) is 41.2 Å². The SMILES string of the molecule is CO[C@H]1/C=C/O[C@@]2(C)Oc3c(C)c(O)c4c(O)c(c5c(c4c3C2=O)NC2(CCN(CC(C)I)CC2)N=5)=NC(=O)C(C)(C)C[C@H](O)[C@@H](C)[C@@H](O)[C@@H](C)[C@H](OC(=O)CC(=O)NCCN2CCN(C)CC2)[C@@H]1C. The molecule has 6 N–H and O–H groups in total. The summed E-state index contributed by atoms with van der Waals surface area (Å²) in [5, 5.41) is 54.3. The van der Waals surface area contributed by atoms with Crippen molar-refractivity contribution in [1.82, 2.24) is 20.0 Å². The minimum Gasteiger partial charge on any atom is -0.507 e. The van der Waals surface area contributed by atoms with Crippen LogP contribution in [0.15, 0.2) is 22.3 Å². The van der Waals surface area contributed by atoms with E-state index in [1.54, 1.807) is 41.5 Å². The number of carbonyl (C=O) groups is 4. The van der Waals surface area contributed by atoms with Crippen LogP contribution in [-0.4, -0.2) is 172 Å². The first-order valence-electron chi connectivity index (χ1n) is 24.5. The number of anilines is 1. The summed E-state index contributed by atoms with van der Waals surface area (Å²) in [6.45, 7) is 20.2. The highest BCUT2D eigenvalue weighted by Crippen LogP contribution is 2.51. The van der Waals surface area contributed by atoms with E-state index < -0.39 is 101 Å². The second-order valence-electron chi connectivity index (χ2n) is 21.0. The summed E-state index contributed by atoms with van der Waals surface area (Å²) in [4.78, 5) is 72.5. The Morgan fingerprint density at radius 2 is 1.64 bits per heavy atom. The number of phenolic OH excluding ortho intramolecular Hbond substituents is 2. The molecule has 0 radical (unpaired) electrons. The van der Waals surface area contributed by atoms with Crippen LogP contribution in [0.4, 0.5) is 5.69 Å². The van der Waals surface area contributed by atoms with Crippen LogP contribution in [0, 0.1) is 30.1 Å². The van der Waals surface area contributed by atoms with E-state index in [1.165, 1.54) is 26.4 Å². The molecule has 6 aliphatic rings. The molecule has 0 aliphatic carbocycles. The normalized spacial score (nSPS) is 30.4. The van der Waals surface area contributed by atoms with E-state index in [1.807, 2.05) is 0 Å². The fraction of sp³-hybridized carbons (Fsp3) is 0.680. The van der Waals surface area contributed by atoms with Crippen molar-refractivity contribution in [1.29, 1.82) is 0 Å². The number of ketones is 1. The van der Waals surface area contributed by atoms with Crippen molar-refractivity contribution in [2.24, 2.45) is 33.2 Å². The first-order chi connectivity index (χ1) is 32.9. The third-order valence-electron chi connectivity index (χ3n) is 15.1. The van der Waals surface area contributed by atoms with Gasteiger partial charge in [0.15, 0.2) is 5.75 Å². The number of carbonyl (C=O) groups excluding carboxylic acids is 4. The highest BCUT2D eigenvalue weighted by atomic mass is 127. The number of alkyl halides is 1. The monoisotopic (exact) mass is 1090 g/mol. The summed E-state index contributed by atoms with van der Waals surface area (Å²) < 4.78 is 24.9. The van der Waals surface area contributed by atoms with Gasteiger partial charge in [-0.15, -0.1) is 0 Å². The zero-order valence-corrected chi connectivity index (χ0v) is 44.3. The van der Waals surface area contributed by atoms with Crippen LogP contribution in [0.3, 0.4) is 0 Å². The highest BCUT2D eigenvalue weighted by Gasteiger charge is 2.51. The molecule has 19 nitrogen and oxygen atoms in total. The molecule has 2 fully saturated rings. The van der Waals surface area contributed by atoms with Gasteiger partial charge in [0.25, 0.3) is 11.7 Å². The Kier molecular flexibility index (Phi) is 16.2. The number of aliphatic hydroxyl groups excluding tert-OH is 2. The van der Waals surface area contributed by atoms with Crippen LogP contribution in [0.2, 0.25) is 0 Å². The number of halogens is 1. The number of esters is 1. The van der Waals surface area contributed by atoms with Crippen LogP contribution in [-0.2, 0) is 28.6 Å². The maximum Gasteiger partial charge on any atom is 0.315 e. The Morgan fingerprint density at radius 1 is 0.971 bits per heavy atom. The molecule has 20 heteroatoms. The quantitative estimate of drug-likeness (QED) is 0.0695. The predicted octanol–water partition coefficient (Wildman–Crippen LogP) is 2.93. The van der Waals surface area contributed by atoms with Gasteiger partial charge in [-0.05, 0) is 26.5 Å². The van der Waals surface area contributed by atoms with E-state index in [9.17, 15) is 39.6 Å². The molecule has 0 saturated carbocycles. The number of fused-ring (bicyclic) bond motifs is 12. The molecule has 5 bridgehead atoms. The van der Waals surface area contributed by atoms with Crippen LogP contribution >= 0.6 is 22.6 Å². The highest BCUT2D eigenvalue weighted by molar-refractivity contribution is 14.1. The van der Waals surface area contributed by atoms with Gasteiger partial charge >= 0.3 is 11.8 Å². The molecular formula is C50H72IN7O12. The number of aliphatic hydroxyl groups is 2. The number of piperazine rings is 1. The first-order valence-corrected chi connectivity index (χ1v) is 25.7. The predicted molar refractivity (Wildman–Crippen MR) is 269 cm³/mol. The molecule has 8 rings (SSSR count). The first kappa shape index (κ1) is 53.6. The molecule has 0 aromatic heterocycles. The van der Waals surface area contributed by atoms with E-state index in [2.05, 4.69) is 66.9 Å². The Hall–Kier alpha value is -4.19. The summed E-state index contributed by atoms with van der Waals surface area (Å²) in [7, 11) is 3.50. The van der Waals surface area contributed by atoms with Crippen molar-refractivity contribution >= 4 is 62.6 Å². The molecule has 6 aliphatic heterocycles. The number of nitrogens with one attached hydrogen (secondary N) is 2. The number of likely N-dealkylation sites (tertiary alicyclic amines) is 1. The number of ether oxygens (including phenoxy) is 4. The third-order valence-corrected chi connectivity index (χ3v) is 15.5. The summed E-state index contributed by atoms with van der Waals surface area (Å²) in [5.74, 6) is -8.11. The van der Waals surface area contributed by atoms with Gasteiger partial charge < -0.3 is 59.8 Å². The lowest BCUT2D eigenvalue weighted by Crippen LogP contribution is -2.47. The summed E-state index contributed by atoms with van der Waals surface area (Å²) in [6.07, 6.45) is -1.47. The number of benzene rings is 2. The number of piperidine rings is 1. The number of hydrogen-bond acceptors (Lipinski definition) is 17. The van der Waals surface area contributed by atoms with Gasteiger partial charge in [0.2, 0.25) is 5.91 Å². The van der Waals surface area contributed by atoms with Crippen LogP contribution in [0.1, 0.15) is 90.1 Å². The third kappa shape index (κ3) is 10.8. The van der Waals surface area contributed by atoms with Crippen molar-refractivity contribution in [3.8, 4) is 17.2 Å². The lowest BCUT2D eigenvalue weighted by molar-refractivity contribution is -0.164. The van der Waals surface area contributed by atoms with E-state index in [0.29, 0.717) is 48.6 Å². The standard InChI is InChI=1S/C50H72IN7O12/c1-26(51)25-58-15-12-50(13-16-58)54-38-35-36-42(63)30(5)45-37(35)46(65)49(8,70-45)68-22-11-32(67-10)28(3)44(69-34(61)23-33(60)52-14-17-57-20-18-56(9)19-21-57)29(4)41(62)27(2)31(59)24-48(6,7)47(66)53-40(43(36)64)39(38)55-50/h11,22,26-29,31-32,41,44,54,59,62-64H,12-21,23-25H2,1-10H3,(H,52,60)/b22-11+,53-40?/t26?,27-,28-,29-,31+,32+,41-,44-,49+/m1/s1. The van der Waals surface area contributed by atoms with Gasteiger partial charge in [-0.25, -0.2) is 4.99 Å². The number of nitrogens with zero attached hydrogens (tertiary/aromatic N) is 5. The van der Waals surface area contributed by atoms with Gasteiger partial charge in [0.1, 0.15) is 40.4 Å². The second kappa shape index (κ2) is 21.1. The molecule has 9 atom stereocenters. The van der Waals surface area contributed by atoms with Crippen molar-refractivity contribution in [2.45, 2.75) is 121 Å². The van der Waals surface area contributed by atoms with Gasteiger partial charge in [-0.3, -0.25) is 29.1 Å². The van der Waals surface area contributed by atoms with Crippen molar-refractivity contribution in [2.75, 3.05) is 78.4 Å². The maximum atomic E-state index is 14.9. The van der Waals surface area contributed by atoms with Gasteiger partial charge in [0, 0.05) is 124 Å². The van der Waals surface area contributed by atoms with Crippen molar-refractivity contribution in [3.05, 3.63) is 34.2 Å². The maximum absolute atomic E-state index is 14.9. The number of amides is 2.